The monoisotopic (exact) mass is 536 g/mol. The fraction of sp³-hybridized carbons (Fsp3) is 0.107. The first-order valence-electron chi connectivity index (χ1n) is 11.5. The molecule has 1 aromatic heterocycles. The minimum Gasteiger partial charge on any atom is -0.493 e. The van der Waals surface area contributed by atoms with Gasteiger partial charge in [-0.05, 0) is 61.0 Å². The standard InChI is InChI=1S/C28H19ClF2N2O5/c29-22-13-21-20(28(35)36)8-9-37-24(21)14-25(22)38-19-6-4-15(5-7-19)27(34)33-26-3-1-2-23(32-26)16-10-17(30)12-18(31)11-16/h1-7,10-14,20H,8-9H2,(H,35,36)(H,32,33,34). The summed E-state index contributed by atoms with van der Waals surface area (Å²) >= 11 is 6.34. The number of amides is 1. The first-order chi connectivity index (χ1) is 18.3. The summed E-state index contributed by atoms with van der Waals surface area (Å²) in [6.45, 7) is 0.270. The normalized spacial score (nSPS) is 14.2. The lowest BCUT2D eigenvalue weighted by molar-refractivity contribution is -0.139. The van der Waals surface area contributed by atoms with Crippen molar-refractivity contribution in [3.8, 4) is 28.5 Å². The molecule has 0 bridgehead atoms. The molecule has 1 unspecified atom stereocenters. The summed E-state index contributed by atoms with van der Waals surface area (Å²) < 4.78 is 38.6. The number of carbonyl (C=O) groups excluding carboxylic acids is 1. The fourth-order valence-corrected chi connectivity index (χ4v) is 4.29. The molecule has 5 rings (SSSR count). The molecule has 1 amide bonds. The molecule has 1 atom stereocenters. The second kappa shape index (κ2) is 10.5. The number of ether oxygens (including phenoxy) is 2. The number of pyridine rings is 1. The van der Waals surface area contributed by atoms with E-state index in [0.29, 0.717) is 34.7 Å². The predicted molar refractivity (Wildman–Crippen MR) is 136 cm³/mol. The Balaban J connectivity index is 1.29. The third-order valence-corrected chi connectivity index (χ3v) is 6.19. The number of carboxylic acid groups (broad SMARTS) is 1. The van der Waals surface area contributed by atoms with Crippen LogP contribution in [-0.4, -0.2) is 28.6 Å². The highest BCUT2D eigenvalue weighted by atomic mass is 35.5. The second-order valence-electron chi connectivity index (χ2n) is 8.50. The smallest absolute Gasteiger partial charge is 0.311 e. The molecule has 0 saturated carbocycles. The molecule has 2 N–H and O–H groups in total. The first-order valence-corrected chi connectivity index (χ1v) is 11.9. The number of aliphatic carboxylic acids is 1. The number of rotatable bonds is 6. The highest BCUT2D eigenvalue weighted by molar-refractivity contribution is 6.32. The van der Waals surface area contributed by atoms with Crippen LogP contribution in [-0.2, 0) is 4.79 Å². The lowest BCUT2D eigenvalue weighted by Gasteiger charge is -2.24. The summed E-state index contributed by atoms with van der Waals surface area (Å²) in [7, 11) is 0. The van der Waals surface area contributed by atoms with Crippen molar-refractivity contribution in [1.29, 1.82) is 0 Å². The van der Waals surface area contributed by atoms with E-state index in [0.717, 1.165) is 18.2 Å². The molecule has 1 aliphatic rings. The van der Waals surface area contributed by atoms with Gasteiger partial charge in [0.1, 0.15) is 34.7 Å². The van der Waals surface area contributed by atoms with Crippen molar-refractivity contribution in [1.82, 2.24) is 4.98 Å². The molecule has 0 radical (unpaired) electrons. The molecule has 10 heteroatoms. The second-order valence-corrected chi connectivity index (χ2v) is 8.90. The topological polar surface area (TPSA) is 97.8 Å². The van der Waals surface area contributed by atoms with E-state index in [1.807, 2.05) is 0 Å². The number of carbonyl (C=O) groups is 2. The van der Waals surface area contributed by atoms with E-state index < -0.39 is 29.4 Å². The SMILES string of the molecule is O=C(Nc1cccc(-c2cc(F)cc(F)c2)n1)c1ccc(Oc2cc3c(cc2Cl)C(C(=O)O)CCO3)cc1. The van der Waals surface area contributed by atoms with Crippen LogP contribution in [0, 0.1) is 11.6 Å². The zero-order valence-corrected chi connectivity index (χ0v) is 20.3. The number of benzene rings is 3. The maximum atomic E-state index is 13.6. The van der Waals surface area contributed by atoms with Gasteiger partial charge in [-0.15, -0.1) is 0 Å². The van der Waals surface area contributed by atoms with E-state index in [9.17, 15) is 23.5 Å². The summed E-state index contributed by atoms with van der Waals surface area (Å²) in [5.41, 5.74) is 1.34. The van der Waals surface area contributed by atoms with Gasteiger partial charge in [-0.1, -0.05) is 17.7 Å². The molecule has 0 fully saturated rings. The van der Waals surface area contributed by atoms with E-state index in [-0.39, 0.29) is 28.8 Å². The van der Waals surface area contributed by atoms with Gasteiger partial charge in [0.15, 0.2) is 0 Å². The average Bonchev–Trinajstić information content (AvgIpc) is 2.88. The molecular weight excluding hydrogens is 518 g/mol. The van der Waals surface area contributed by atoms with E-state index >= 15 is 0 Å². The van der Waals surface area contributed by atoms with Crippen LogP contribution in [0.15, 0.2) is 72.8 Å². The van der Waals surface area contributed by atoms with Gasteiger partial charge in [-0.3, -0.25) is 9.59 Å². The maximum absolute atomic E-state index is 13.6. The van der Waals surface area contributed by atoms with Gasteiger partial charge < -0.3 is 19.9 Å². The van der Waals surface area contributed by atoms with Gasteiger partial charge in [0.25, 0.3) is 5.91 Å². The average molecular weight is 537 g/mol. The third-order valence-electron chi connectivity index (χ3n) is 5.90. The Morgan fingerprint density at radius 2 is 1.76 bits per heavy atom. The molecular formula is C28H19ClF2N2O5. The molecule has 2 heterocycles. The highest BCUT2D eigenvalue weighted by Crippen LogP contribution is 2.41. The number of aromatic nitrogens is 1. The van der Waals surface area contributed by atoms with Crippen molar-refractivity contribution in [2.75, 3.05) is 11.9 Å². The van der Waals surface area contributed by atoms with Crippen LogP contribution in [0.25, 0.3) is 11.3 Å². The number of carboxylic acids is 1. The van der Waals surface area contributed by atoms with Gasteiger partial charge in [0.05, 0.1) is 23.2 Å². The van der Waals surface area contributed by atoms with Crippen molar-refractivity contribution in [3.63, 3.8) is 0 Å². The van der Waals surface area contributed by atoms with E-state index in [4.69, 9.17) is 21.1 Å². The van der Waals surface area contributed by atoms with Crippen molar-refractivity contribution in [2.24, 2.45) is 0 Å². The van der Waals surface area contributed by atoms with Crippen LogP contribution in [0.1, 0.15) is 28.3 Å². The van der Waals surface area contributed by atoms with E-state index in [1.54, 1.807) is 48.5 Å². The van der Waals surface area contributed by atoms with E-state index in [1.165, 1.54) is 6.07 Å². The summed E-state index contributed by atoms with van der Waals surface area (Å²) in [4.78, 5) is 28.5. The van der Waals surface area contributed by atoms with Gasteiger partial charge >= 0.3 is 5.97 Å². The van der Waals surface area contributed by atoms with Crippen molar-refractivity contribution < 1.29 is 33.0 Å². The minimum absolute atomic E-state index is 0.206. The van der Waals surface area contributed by atoms with E-state index in [2.05, 4.69) is 10.3 Å². The Hall–Kier alpha value is -4.50. The number of hydrogen-bond donors (Lipinski definition) is 2. The highest BCUT2D eigenvalue weighted by Gasteiger charge is 2.29. The Bertz CT molecular complexity index is 1530. The lowest BCUT2D eigenvalue weighted by atomic mass is 9.93. The van der Waals surface area contributed by atoms with Gasteiger partial charge in [-0.2, -0.15) is 0 Å². The van der Waals surface area contributed by atoms with Crippen molar-refractivity contribution in [2.45, 2.75) is 12.3 Å². The van der Waals surface area contributed by atoms with Gasteiger partial charge in [-0.25, -0.2) is 13.8 Å². The number of nitrogens with one attached hydrogen (secondary N) is 1. The van der Waals surface area contributed by atoms with Crippen LogP contribution in [0.5, 0.6) is 17.2 Å². The maximum Gasteiger partial charge on any atom is 0.311 e. The lowest BCUT2D eigenvalue weighted by Crippen LogP contribution is -2.20. The summed E-state index contributed by atoms with van der Waals surface area (Å²) in [6, 6.07) is 17.1. The zero-order chi connectivity index (χ0) is 26.8. The van der Waals surface area contributed by atoms with Crippen molar-refractivity contribution in [3.05, 3.63) is 101 Å². The summed E-state index contributed by atoms with van der Waals surface area (Å²) in [5, 5.41) is 12.3. The number of hydrogen-bond acceptors (Lipinski definition) is 5. The minimum atomic E-state index is -0.946. The molecule has 3 aromatic carbocycles. The molecule has 1 aliphatic heterocycles. The Morgan fingerprint density at radius 1 is 1.03 bits per heavy atom. The van der Waals surface area contributed by atoms with Gasteiger partial charge in [0.2, 0.25) is 0 Å². The molecule has 0 aliphatic carbocycles. The number of anilines is 1. The molecule has 38 heavy (non-hydrogen) atoms. The third kappa shape index (κ3) is 5.42. The Labute approximate surface area is 220 Å². The van der Waals surface area contributed by atoms with Crippen LogP contribution in [0.3, 0.4) is 0 Å². The fourth-order valence-electron chi connectivity index (χ4n) is 4.08. The molecule has 192 valence electrons. The van der Waals surface area contributed by atoms with Crippen LogP contribution in [0.4, 0.5) is 14.6 Å². The molecule has 0 saturated heterocycles. The summed E-state index contributed by atoms with van der Waals surface area (Å²) in [6.07, 6.45) is 0.353. The number of fused-ring (bicyclic) bond motifs is 1. The van der Waals surface area contributed by atoms with Crippen LogP contribution < -0.4 is 14.8 Å². The quantitative estimate of drug-likeness (QED) is 0.285. The van der Waals surface area contributed by atoms with Gasteiger partial charge in [0, 0.05) is 28.8 Å². The molecule has 4 aromatic rings. The largest absolute Gasteiger partial charge is 0.493 e. The molecule has 0 spiro atoms. The van der Waals surface area contributed by atoms with Crippen molar-refractivity contribution >= 4 is 29.3 Å². The molecule has 7 nitrogen and oxygen atoms in total. The van der Waals surface area contributed by atoms with Crippen LogP contribution in [0.2, 0.25) is 5.02 Å². The number of nitrogens with zero attached hydrogens (tertiary/aromatic N) is 1. The Morgan fingerprint density at radius 3 is 2.47 bits per heavy atom. The predicted octanol–water partition coefficient (Wildman–Crippen LogP) is 6.68. The summed E-state index contributed by atoms with van der Waals surface area (Å²) in [5.74, 6) is -2.28. The first kappa shape index (κ1) is 25.2. The number of halogens is 3. The Kier molecular flexibility index (Phi) is 6.93. The zero-order valence-electron chi connectivity index (χ0n) is 19.6. The van der Waals surface area contributed by atoms with Crippen LogP contribution >= 0.6 is 11.6 Å².